The number of nitrogens with zero attached hydrogens (tertiary/aromatic N) is 1. The zero-order valence-electron chi connectivity index (χ0n) is 10.6. The lowest BCUT2D eigenvalue weighted by Gasteiger charge is -2.08. The van der Waals surface area contributed by atoms with Gasteiger partial charge in [-0.3, -0.25) is 19.7 Å². The monoisotopic (exact) mass is 284 g/mol. The molecule has 1 aromatic carbocycles. The van der Waals surface area contributed by atoms with Gasteiger partial charge in [-0.05, 0) is 18.6 Å². The number of carboxylic acids is 1. The summed E-state index contributed by atoms with van der Waals surface area (Å²) in [6, 6.07) is 2.62. The molecule has 0 heterocycles. The molecule has 0 spiro atoms. The average Bonchev–Trinajstić information content (AvgIpc) is 2.37. The third-order valence-corrected chi connectivity index (χ3v) is 2.69. The Kier molecular flexibility index (Phi) is 5.13. The molecule has 0 saturated heterocycles. The molecule has 0 aliphatic carbocycles. The minimum atomic E-state index is -0.994. The van der Waals surface area contributed by atoms with E-state index in [-0.39, 0.29) is 18.5 Å². The van der Waals surface area contributed by atoms with Gasteiger partial charge in [0.15, 0.2) is 0 Å². The highest BCUT2D eigenvalue weighted by Gasteiger charge is 2.21. The van der Waals surface area contributed by atoms with Gasteiger partial charge in [0, 0.05) is 6.54 Å². The fourth-order valence-electron chi connectivity index (χ4n) is 1.47. The molecule has 1 amide bonds. The number of carbonyl (C=O) groups excluding carboxylic acids is 1. The lowest BCUT2D eigenvalue weighted by atomic mass is 10.1. The lowest BCUT2D eigenvalue weighted by Crippen LogP contribution is -2.27. The summed E-state index contributed by atoms with van der Waals surface area (Å²) in [4.78, 5) is 32.2. The Labute approximate surface area is 113 Å². The number of halogens is 1. The maximum atomic E-state index is 12.9. The molecule has 0 aliphatic heterocycles. The van der Waals surface area contributed by atoms with Crippen molar-refractivity contribution in [3.63, 3.8) is 0 Å². The van der Waals surface area contributed by atoms with E-state index in [0.29, 0.717) is 6.07 Å². The van der Waals surface area contributed by atoms with E-state index in [1.807, 2.05) is 0 Å². The van der Waals surface area contributed by atoms with E-state index < -0.39 is 34.2 Å². The van der Waals surface area contributed by atoms with Crippen LogP contribution >= 0.6 is 0 Å². The summed E-state index contributed by atoms with van der Waals surface area (Å²) in [6.45, 7) is 1.54. The molecule has 0 fully saturated rings. The number of hydrogen-bond acceptors (Lipinski definition) is 4. The van der Waals surface area contributed by atoms with Crippen LogP contribution in [-0.4, -0.2) is 28.5 Å². The molecule has 1 atom stereocenters. The van der Waals surface area contributed by atoms with Crippen LogP contribution < -0.4 is 5.32 Å². The van der Waals surface area contributed by atoms with E-state index in [0.717, 1.165) is 12.1 Å². The summed E-state index contributed by atoms with van der Waals surface area (Å²) in [5.41, 5.74) is -0.895. The number of carboxylic acid groups (broad SMARTS) is 1. The summed E-state index contributed by atoms with van der Waals surface area (Å²) < 4.78 is 12.9. The summed E-state index contributed by atoms with van der Waals surface area (Å²) in [7, 11) is 0. The topological polar surface area (TPSA) is 110 Å². The molecule has 1 rings (SSSR count). The number of benzene rings is 1. The standard InChI is InChI=1S/C12H13FN2O5/c1-7(12(17)18)4-5-14-11(16)9-3-2-8(13)6-10(9)15(19)20/h2-3,6-7H,4-5H2,1H3,(H,14,16)(H,17,18). The number of amides is 1. The smallest absolute Gasteiger partial charge is 0.306 e. The van der Waals surface area contributed by atoms with Gasteiger partial charge in [-0.1, -0.05) is 6.92 Å². The molecule has 2 N–H and O–H groups in total. The third-order valence-electron chi connectivity index (χ3n) is 2.69. The first-order valence-corrected chi connectivity index (χ1v) is 5.78. The zero-order chi connectivity index (χ0) is 15.3. The third kappa shape index (κ3) is 4.01. The largest absolute Gasteiger partial charge is 0.481 e. The maximum Gasteiger partial charge on any atom is 0.306 e. The van der Waals surface area contributed by atoms with Crippen LogP contribution in [0.1, 0.15) is 23.7 Å². The molecule has 0 aromatic heterocycles. The van der Waals surface area contributed by atoms with Crippen LogP contribution in [0.2, 0.25) is 0 Å². The highest BCUT2D eigenvalue weighted by atomic mass is 19.1. The summed E-state index contributed by atoms with van der Waals surface area (Å²) in [5, 5.41) is 21.8. The van der Waals surface area contributed by atoms with E-state index in [1.54, 1.807) is 0 Å². The van der Waals surface area contributed by atoms with E-state index in [1.165, 1.54) is 6.92 Å². The van der Waals surface area contributed by atoms with Crippen LogP contribution in [0.5, 0.6) is 0 Å². The highest BCUT2D eigenvalue weighted by molar-refractivity contribution is 5.98. The number of nitrogens with one attached hydrogen (secondary N) is 1. The molecule has 0 radical (unpaired) electrons. The molecular formula is C12H13FN2O5. The van der Waals surface area contributed by atoms with E-state index in [4.69, 9.17) is 5.11 Å². The van der Waals surface area contributed by atoms with Crippen molar-refractivity contribution in [3.8, 4) is 0 Å². The molecule has 0 bridgehead atoms. The van der Waals surface area contributed by atoms with Crippen LogP contribution in [0.15, 0.2) is 18.2 Å². The molecular weight excluding hydrogens is 271 g/mol. The van der Waals surface area contributed by atoms with E-state index >= 15 is 0 Å². The molecule has 20 heavy (non-hydrogen) atoms. The van der Waals surface area contributed by atoms with Gasteiger partial charge in [0.05, 0.1) is 16.9 Å². The fraction of sp³-hybridized carbons (Fsp3) is 0.333. The van der Waals surface area contributed by atoms with Crippen molar-refractivity contribution < 1.29 is 24.0 Å². The van der Waals surface area contributed by atoms with Gasteiger partial charge in [0.1, 0.15) is 11.4 Å². The van der Waals surface area contributed by atoms with Crippen molar-refractivity contribution in [3.05, 3.63) is 39.7 Å². The lowest BCUT2D eigenvalue weighted by molar-refractivity contribution is -0.385. The number of nitro benzene ring substituents is 1. The molecule has 1 unspecified atom stereocenters. The minimum absolute atomic E-state index is 0.0564. The predicted molar refractivity (Wildman–Crippen MR) is 66.8 cm³/mol. The normalized spacial score (nSPS) is 11.7. The Hall–Kier alpha value is -2.51. The quantitative estimate of drug-likeness (QED) is 0.608. The molecule has 7 nitrogen and oxygen atoms in total. The first-order valence-electron chi connectivity index (χ1n) is 5.78. The molecule has 8 heteroatoms. The van der Waals surface area contributed by atoms with Crippen molar-refractivity contribution in [2.24, 2.45) is 5.92 Å². The van der Waals surface area contributed by atoms with Crippen molar-refractivity contribution in [1.82, 2.24) is 5.32 Å². The Morgan fingerprint density at radius 3 is 2.70 bits per heavy atom. The molecule has 0 aliphatic rings. The Morgan fingerprint density at radius 1 is 1.50 bits per heavy atom. The number of hydrogen-bond donors (Lipinski definition) is 2. The maximum absolute atomic E-state index is 12.9. The minimum Gasteiger partial charge on any atom is -0.481 e. The summed E-state index contributed by atoms with van der Waals surface area (Å²) >= 11 is 0. The van der Waals surface area contributed by atoms with Crippen LogP contribution in [-0.2, 0) is 4.79 Å². The van der Waals surface area contributed by atoms with Crippen molar-refractivity contribution >= 4 is 17.6 Å². The van der Waals surface area contributed by atoms with Gasteiger partial charge < -0.3 is 10.4 Å². The molecule has 0 saturated carbocycles. The molecule has 1 aromatic rings. The van der Waals surface area contributed by atoms with Gasteiger partial charge in [0.2, 0.25) is 0 Å². The highest BCUT2D eigenvalue weighted by Crippen LogP contribution is 2.19. The van der Waals surface area contributed by atoms with Crippen molar-refractivity contribution in [2.75, 3.05) is 6.54 Å². The number of carbonyl (C=O) groups is 2. The number of aliphatic carboxylic acids is 1. The van der Waals surface area contributed by atoms with E-state index in [2.05, 4.69) is 5.32 Å². The van der Waals surface area contributed by atoms with Gasteiger partial charge in [-0.2, -0.15) is 0 Å². The van der Waals surface area contributed by atoms with Gasteiger partial charge >= 0.3 is 5.97 Å². The Bertz CT molecular complexity index is 547. The first-order chi connectivity index (χ1) is 9.32. The van der Waals surface area contributed by atoms with E-state index in [9.17, 15) is 24.1 Å². The summed E-state index contributed by atoms with van der Waals surface area (Å²) in [6.07, 6.45) is 0.191. The Balaban J connectivity index is 2.73. The fourth-order valence-corrected chi connectivity index (χ4v) is 1.47. The first kappa shape index (κ1) is 15.5. The number of nitro groups is 1. The van der Waals surface area contributed by atoms with Gasteiger partial charge in [-0.15, -0.1) is 0 Å². The van der Waals surface area contributed by atoms with Crippen LogP contribution in [0, 0.1) is 21.8 Å². The van der Waals surface area contributed by atoms with Crippen LogP contribution in [0.25, 0.3) is 0 Å². The van der Waals surface area contributed by atoms with Gasteiger partial charge in [0.25, 0.3) is 11.6 Å². The van der Waals surface area contributed by atoms with Gasteiger partial charge in [-0.25, -0.2) is 4.39 Å². The Morgan fingerprint density at radius 2 is 2.15 bits per heavy atom. The van der Waals surface area contributed by atoms with Crippen molar-refractivity contribution in [2.45, 2.75) is 13.3 Å². The second-order valence-electron chi connectivity index (χ2n) is 4.20. The van der Waals surface area contributed by atoms with Crippen LogP contribution in [0.3, 0.4) is 0 Å². The van der Waals surface area contributed by atoms with Crippen LogP contribution in [0.4, 0.5) is 10.1 Å². The SMILES string of the molecule is CC(CCNC(=O)c1ccc(F)cc1[N+](=O)[O-])C(=O)O. The predicted octanol–water partition coefficient (Wildman–Crippen LogP) is 1.57. The molecule has 108 valence electrons. The number of rotatable bonds is 6. The zero-order valence-corrected chi connectivity index (χ0v) is 10.6. The average molecular weight is 284 g/mol. The summed E-state index contributed by atoms with van der Waals surface area (Å²) in [5.74, 6) is -3.19. The second-order valence-corrected chi connectivity index (χ2v) is 4.20. The second kappa shape index (κ2) is 6.60. The van der Waals surface area contributed by atoms with Crippen molar-refractivity contribution in [1.29, 1.82) is 0 Å².